The lowest BCUT2D eigenvalue weighted by atomic mass is 10.1. The number of anilines is 2. The summed E-state index contributed by atoms with van der Waals surface area (Å²) in [6.07, 6.45) is 0. The highest BCUT2D eigenvalue weighted by atomic mass is 35.5. The second-order valence-corrected chi connectivity index (χ2v) is 5.36. The SMILES string of the molecule is Cc1cc(C)cc(N(C)C(=O)c2ccc(N)cc2Cl)c1. The lowest BCUT2D eigenvalue weighted by Gasteiger charge is -2.19. The van der Waals surface area contributed by atoms with Gasteiger partial charge in [0.2, 0.25) is 0 Å². The highest BCUT2D eigenvalue weighted by molar-refractivity contribution is 6.34. The van der Waals surface area contributed by atoms with Crippen LogP contribution < -0.4 is 10.6 Å². The number of carbonyl (C=O) groups is 1. The van der Waals surface area contributed by atoms with Gasteiger partial charge in [-0.25, -0.2) is 0 Å². The van der Waals surface area contributed by atoms with E-state index >= 15 is 0 Å². The van der Waals surface area contributed by atoms with E-state index in [1.165, 1.54) is 0 Å². The number of nitrogens with two attached hydrogens (primary N) is 1. The van der Waals surface area contributed by atoms with Crippen LogP contribution >= 0.6 is 11.6 Å². The molecule has 2 N–H and O–H groups in total. The fraction of sp³-hybridized carbons (Fsp3) is 0.188. The molecule has 0 aliphatic rings. The van der Waals surface area contributed by atoms with E-state index in [4.69, 9.17) is 17.3 Å². The molecule has 4 heteroatoms. The van der Waals surface area contributed by atoms with E-state index in [9.17, 15) is 4.79 Å². The van der Waals surface area contributed by atoms with Gasteiger partial charge >= 0.3 is 0 Å². The Kier molecular flexibility index (Phi) is 4.00. The Hall–Kier alpha value is -2.00. The smallest absolute Gasteiger partial charge is 0.259 e. The minimum absolute atomic E-state index is 0.153. The molecule has 0 bridgehead atoms. The van der Waals surface area contributed by atoms with Gasteiger partial charge in [-0.1, -0.05) is 17.7 Å². The molecule has 0 heterocycles. The molecule has 104 valence electrons. The predicted octanol–water partition coefficient (Wildman–Crippen LogP) is 3.82. The average molecular weight is 289 g/mol. The van der Waals surface area contributed by atoms with Crippen molar-refractivity contribution in [2.45, 2.75) is 13.8 Å². The molecular weight excluding hydrogens is 272 g/mol. The normalized spacial score (nSPS) is 10.4. The van der Waals surface area contributed by atoms with Crippen LogP contribution in [0, 0.1) is 13.8 Å². The van der Waals surface area contributed by atoms with E-state index in [-0.39, 0.29) is 5.91 Å². The molecule has 0 aliphatic heterocycles. The number of hydrogen-bond donors (Lipinski definition) is 1. The van der Waals surface area contributed by atoms with E-state index in [1.807, 2.05) is 26.0 Å². The zero-order valence-electron chi connectivity index (χ0n) is 11.8. The Morgan fingerprint density at radius 2 is 1.70 bits per heavy atom. The third kappa shape index (κ3) is 2.94. The summed E-state index contributed by atoms with van der Waals surface area (Å²) in [6.45, 7) is 4.01. The third-order valence-electron chi connectivity index (χ3n) is 3.12. The highest BCUT2D eigenvalue weighted by Crippen LogP contribution is 2.24. The summed E-state index contributed by atoms with van der Waals surface area (Å²) < 4.78 is 0. The molecule has 0 fully saturated rings. The molecule has 0 unspecified atom stereocenters. The van der Waals surface area contributed by atoms with Crippen LogP contribution in [0.1, 0.15) is 21.5 Å². The van der Waals surface area contributed by atoms with Gasteiger partial charge in [-0.15, -0.1) is 0 Å². The van der Waals surface area contributed by atoms with Crippen LogP contribution in [0.4, 0.5) is 11.4 Å². The van der Waals surface area contributed by atoms with Crippen LogP contribution in [0.2, 0.25) is 5.02 Å². The van der Waals surface area contributed by atoms with Gasteiger partial charge in [-0.05, 0) is 55.3 Å². The second-order valence-electron chi connectivity index (χ2n) is 4.95. The lowest BCUT2D eigenvalue weighted by molar-refractivity contribution is 0.0993. The molecule has 0 aromatic heterocycles. The van der Waals surface area contributed by atoms with Crippen LogP contribution in [-0.4, -0.2) is 13.0 Å². The predicted molar refractivity (Wildman–Crippen MR) is 84.5 cm³/mol. The number of halogens is 1. The minimum atomic E-state index is -0.153. The second kappa shape index (κ2) is 5.55. The maximum atomic E-state index is 12.5. The fourth-order valence-corrected chi connectivity index (χ4v) is 2.42. The van der Waals surface area contributed by atoms with Crippen molar-refractivity contribution < 1.29 is 4.79 Å². The number of benzene rings is 2. The molecule has 0 radical (unpaired) electrons. The molecule has 2 rings (SSSR count). The van der Waals surface area contributed by atoms with Crippen molar-refractivity contribution in [2.24, 2.45) is 0 Å². The fourth-order valence-electron chi connectivity index (χ4n) is 2.15. The van der Waals surface area contributed by atoms with Gasteiger partial charge in [0.15, 0.2) is 0 Å². The maximum Gasteiger partial charge on any atom is 0.259 e. The first kappa shape index (κ1) is 14.4. The van der Waals surface area contributed by atoms with E-state index < -0.39 is 0 Å². The van der Waals surface area contributed by atoms with Gasteiger partial charge in [-0.3, -0.25) is 4.79 Å². The maximum absolute atomic E-state index is 12.5. The monoisotopic (exact) mass is 288 g/mol. The van der Waals surface area contributed by atoms with Gasteiger partial charge in [0.1, 0.15) is 0 Å². The van der Waals surface area contributed by atoms with Crippen molar-refractivity contribution in [3.05, 3.63) is 58.1 Å². The Morgan fingerprint density at radius 3 is 2.25 bits per heavy atom. The Labute approximate surface area is 124 Å². The number of nitrogen functional groups attached to an aromatic ring is 1. The summed E-state index contributed by atoms with van der Waals surface area (Å²) in [5, 5.41) is 0.367. The Balaban J connectivity index is 2.37. The molecule has 0 atom stereocenters. The van der Waals surface area contributed by atoms with Crippen molar-refractivity contribution in [3.8, 4) is 0 Å². The summed E-state index contributed by atoms with van der Waals surface area (Å²) in [6, 6.07) is 10.9. The standard InChI is InChI=1S/C16H17ClN2O/c1-10-6-11(2)8-13(7-10)19(3)16(20)14-5-4-12(18)9-15(14)17/h4-9H,18H2,1-3H3. The first-order chi connectivity index (χ1) is 9.38. The molecule has 20 heavy (non-hydrogen) atoms. The molecule has 0 saturated heterocycles. The first-order valence-electron chi connectivity index (χ1n) is 6.30. The van der Waals surface area contributed by atoms with Gasteiger partial charge in [0.05, 0.1) is 10.6 Å². The van der Waals surface area contributed by atoms with Gasteiger partial charge in [0.25, 0.3) is 5.91 Å². The summed E-state index contributed by atoms with van der Waals surface area (Å²) in [7, 11) is 1.74. The topological polar surface area (TPSA) is 46.3 Å². The number of hydrogen-bond acceptors (Lipinski definition) is 2. The molecule has 0 saturated carbocycles. The zero-order valence-corrected chi connectivity index (χ0v) is 12.5. The largest absolute Gasteiger partial charge is 0.399 e. The van der Waals surface area contributed by atoms with E-state index in [1.54, 1.807) is 30.1 Å². The number of nitrogens with zero attached hydrogens (tertiary/aromatic N) is 1. The summed E-state index contributed by atoms with van der Waals surface area (Å²) in [4.78, 5) is 14.1. The average Bonchev–Trinajstić information content (AvgIpc) is 2.36. The van der Waals surface area contributed by atoms with Crippen LogP contribution in [0.15, 0.2) is 36.4 Å². The van der Waals surface area contributed by atoms with Crippen LogP contribution in [0.25, 0.3) is 0 Å². The first-order valence-corrected chi connectivity index (χ1v) is 6.67. The van der Waals surface area contributed by atoms with E-state index in [2.05, 4.69) is 6.07 Å². The van der Waals surface area contributed by atoms with Crippen LogP contribution in [-0.2, 0) is 0 Å². The van der Waals surface area contributed by atoms with Crippen LogP contribution in [0.5, 0.6) is 0 Å². The van der Waals surface area contributed by atoms with Crippen molar-refractivity contribution in [3.63, 3.8) is 0 Å². The molecular formula is C16H17ClN2O. The van der Waals surface area contributed by atoms with Gasteiger partial charge in [0, 0.05) is 18.4 Å². The summed E-state index contributed by atoms with van der Waals surface area (Å²) in [5.41, 5.74) is 9.71. The van der Waals surface area contributed by atoms with Crippen molar-refractivity contribution in [2.75, 3.05) is 17.7 Å². The Bertz CT molecular complexity index is 647. The molecule has 2 aromatic carbocycles. The zero-order chi connectivity index (χ0) is 14.9. The molecule has 0 aliphatic carbocycles. The molecule has 1 amide bonds. The molecule has 0 spiro atoms. The summed E-state index contributed by atoms with van der Waals surface area (Å²) in [5.74, 6) is -0.153. The highest BCUT2D eigenvalue weighted by Gasteiger charge is 2.17. The quantitative estimate of drug-likeness (QED) is 0.854. The number of amides is 1. The van der Waals surface area contributed by atoms with Crippen molar-refractivity contribution in [1.82, 2.24) is 0 Å². The van der Waals surface area contributed by atoms with Gasteiger partial charge < -0.3 is 10.6 Å². The molecule has 2 aromatic rings. The lowest BCUT2D eigenvalue weighted by Crippen LogP contribution is -2.26. The molecule has 3 nitrogen and oxygen atoms in total. The summed E-state index contributed by atoms with van der Waals surface area (Å²) >= 11 is 6.09. The third-order valence-corrected chi connectivity index (χ3v) is 3.43. The number of aryl methyl sites for hydroxylation is 2. The number of rotatable bonds is 2. The van der Waals surface area contributed by atoms with E-state index in [0.717, 1.165) is 16.8 Å². The van der Waals surface area contributed by atoms with E-state index in [0.29, 0.717) is 16.3 Å². The van der Waals surface area contributed by atoms with Crippen LogP contribution in [0.3, 0.4) is 0 Å². The Morgan fingerprint density at radius 1 is 1.10 bits per heavy atom. The minimum Gasteiger partial charge on any atom is -0.399 e. The number of carbonyl (C=O) groups excluding carboxylic acids is 1. The van der Waals surface area contributed by atoms with Gasteiger partial charge in [-0.2, -0.15) is 0 Å². The van der Waals surface area contributed by atoms with Crippen molar-refractivity contribution >= 4 is 28.9 Å². The van der Waals surface area contributed by atoms with Crippen molar-refractivity contribution in [1.29, 1.82) is 0 Å².